The smallest absolute Gasteiger partial charge is 0.137 e. The van der Waals surface area contributed by atoms with Crippen molar-refractivity contribution in [1.82, 2.24) is 5.32 Å². The molecule has 0 amide bonds. The molecule has 0 saturated heterocycles. The maximum absolute atomic E-state index is 13.8. The van der Waals surface area contributed by atoms with E-state index in [1.165, 1.54) is 6.07 Å². The standard InChI is InChI=1S/C16H16BrClFN/c1-2-10-20-16(11-6-3-4-8-13(11)18)12-7-5-9-14(19)15(12)17/h3-9,16,20H,2,10H2,1H3. The summed E-state index contributed by atoms with van der Waals surface area (Å²) in [6.45, 7) is 2.93. The van der Waals surface area contributed by atoms with Gasteiger partial charge in [-0.25, -0.2) is 4.39 Å². The van der Waals surface area contributed by atoms with Crippen molar-refractivity contribution < 1.29 is 4.39 Å². The Morgan fingerprint density at radius 2 is 1.85 bits per heavy atom. The SMILES string of the molecule is CCCNC(c1ccccc1Cl)c1cccc(F)c1Br. The summed E-state index contributed by atoms with van der Waals surface area (Å²) in [4.78, 5) is 0. The first-order valence-corrected chi connectivity index (χ1v) is 7.74. The molecule has 0 aliphatic rings. The molecular weight excluding hydrogens is 341 g/mol. The summed E-state index contributed by atoms with van der Waals surface area (Å²) in [7, 11) is 0. The Labute approximate surface area is 132 Å². The lowest BCUT2D eigenvalue weighted by molar-refractivity contribution is 0.580. The highest BCUT2D eigenvalue weighted by atomic mass is 79.9. The Kier molecular flexibility index (Phi) is 5.58. The number of rotatable bonds is 5. The van der Waals surface area contributed by atoms with Gasteiger partial charge in [0, 0.05) is 5.02 Å². The molecule has 0 fully saturated rings. The Balaban J connectivity index is 2.47. The molecule has 1 N–H and O–H groups in total. The van der Waals surface area contributed by atoms with Crippen LogP contribution in [0.3, 0.4) is 0 Å². The van der Waals surface area contributed by atoms with Crippen LogP contribution in [0.2, 0.25) is 5.02 Å². The van der Waals surface area contributed by atoms with Crippen LogP contribution >= 0.6 is 27.5 Å². The summed E-state index contributed by atoms with van der Waals surface area (Å²) < 4.78 is 14.3. The average Bonchev–Trinajstić information content (AvgIpc) is 2.45. The largest absolute Gasteiger partial charge is 0.306 e. The fourth-order valence-electron chi connectivity index (χ4n) is 2.13. The normalized spacial score (nSPS) is 12.4. The van der Waals surface area contributed by atoms with Crippen LogP contribution in [-0.2, 0) is 0 Å². The van der Waals surface area contributed by atoms with Crippen LogP contribution in [0.25, 0.3) is 0 Å². The van der Waals surface area contributed by atoms with Crippen LogP contribution in [0.15, 0.2) is 46.9 Å². The number of nitrogens with one attached hydrogen (secondary N) is 1. The van der Waals surface area contributed by atoms with E-state index in [1.807, 2.05) is 30.3 Å². The van der Waals surface area contributed by atoms with Gasteiger partial charge >= 0.3 is 0 Å². The highest BCUT2D eigenvalue weighted by molar-refractivity contribution is 9.10. The van der Waals surface area contributed by atoms with E-state index in [4.69, 9.17) is 11.6 Å². The highest BCUT2D eigenvalue weighted by Crippen LogP contribution is 2.33. The summed E-state index contributed by atoms with van der Waals surface area (Å²) in [6, 6.07) is 12.6. The number of hydrogen-bond donors (Lipinski definition) is 1. The second kappa shape index (κ2) is 7.21. The van der Waals surface area contributed by atoms with Crippen molar-refractivity contribution in [3.05, 3.63) is 68.9 Å². The Hall–Kier alpha value is -0.900. The molecule has 0 aromatic heterocycles. The van der Waals surface area contributed by atoms with Crippen LogP contribution in [0.1, 0.15) is 30.5 Å². The summed E-state index contributed by atoms with van der Waals surface area (Å²) in [6.07, 6.45) is 0.994. The minimum absolute atomic E-state index is 0.131. The van der Waals surface area contributed by atoms with E-state index in [1.54, 1.807) is 6.07 Å². The third-order valence-corrected chi connectivity index (χ3v) is 4.29. The number of halogens is 3. The van der Waals surface area contributed by atoms with Gasteiger partial charge in [0.25, 0.3) is 0 Å². The monoisotopic (exact) mass is 355 g/mol. The van der Waals surface area contributed by atoms with E-state index in [-0.39, 0.29) is 11.9 Å². The van der Waals surface area contributed by atoms with Gasteiger partial charge < -0.3 is 5.32 Å². The van der Waals surface area contributed by atoms with Crippen LogP contribution in [0.5, 0.6) is 0 Å². The molecule has 0 heterocycles. The summed E-state index contributed by atoms with van der Waals surface area (Å²) >= 11 is 9.63. The van der Waals surface area contributed by atoms with Crippen LogP contribution in [0.4, 0.5) is 4.39 Å². The first kappa shape index (κ1) is 15.5. The molecule has 2 rings (SSSR count). The van der Waals surface area contributed by atoms with Gasteiger partial charge in [0.2, 0.25) is 0 Å². The van der Waals surface area contributed by atoms with Gasteiger partial charge in [-0.05, 0) is 52.2 Å². The lowest BCUT2D eigenvalue weighted by Gasteiger charge is -2.22. The Morgan fingerprint density at radius 3 is 2.55 bits per heavy atom. The first-order valence-electron chi connectivity index (χ1n) is 6.56. The van der Waals surface area contributed by atoms with Gasteiger partial charge in [-0.2, -0.15) is 0 Å². The summed E-state index contributed by atoms with van der Waals surface area (Å²) in [5.41, 5.74) is 1.81. The second-order valence-electron chi connectivity index (χ2n) is 4.55. The molecule has 2 aromatic rings. The molecule has 0 spiro atoms. The van der Waals surface area contributed by atoms with Gasteiger partial charge in [0.15, 0.2) is 0 Å². The molecule has 0 radical (unpaired) electrons. The average molecular weight is 357 g/mol. The fraction of sp³-hybridized carbons (Fsp3) is 0.250. The van der Waals surface area contributed by atoms with Gasteiger partial charge in [-0.1, -0.05) is 48.9 Å². The van der Waals surface area contributed by atoms with E-state index in [2.05, 4.69) is 28.2 Å². The van der Waals surface area contributed by atoms with Crippen molar-refractivity contribution in [1.29, 1.82) is 0 Å². The fourth-order valence-corrected chi connectivity index (χ4v) is 2.87. The van der Waals surface area contributed by atoms with E-state index >= 15 is 0 Å². The minimum atomic E-state index is -0.266. The van der Waals surface area contributed by atoms with Crippen molar-refractivity contribution in [3.8, 4) is 0 Å². The van der Waals surface area contributed by atoms with Crippen molar-refractivity contribution in [2.24, 2.45) is 0 Å². The molecule has 1 unspecified atom stereocenters. The predicted molar refractivity (Wildman–Crippen MR) is 85.7 cm³/mol. The molecule has 0 saturated carbocycles. The summed E-state index contributed by atoms with van der Waals surface area (Å²) in [5.74, 6) is -0.266. The molecule has 1 nitrogen and oxygen atoms in total. The molecule has 1 atom stereocenters. The maximum Gasteiger partial charge on any atom is 0.137 e. The molecule has 0 aliphatic carbocycles. The molecule has 0 bridgehead atoms. The van der Waals surface area contributed by atoms with Crippen molar-refractivity contribution in [3.63, 3.8) is 0 Å². The van der Waals surface area contributed by atoms with Crippen molar-refractivity contribution in [2.45, 2.75) is 19.4 Å². The molecule has 0 aliphatic heterocycles. The van der Waals surface area contributed by atoms with E-state index in [9.17, 15) is 4.39 Å². The van der Waals surface area contributed by atoms with E-state index in [0.717, 1.165) is 24.1 Å². The van der Waals surface area contributed by atoms with Crippen molar-refractivity contribution >= 4 is 27.5 Å². The van der Waals surface area contributed by atoms with E-state index in [0.29, 0.717) is 9.50 Å². The number of benzene rings is 2. The third-order valence-electron chi connectivity index (χ3n) is 3.11. The molecule has 4 heteroatoms. The van der Waals surface area contributed by atoms with Crippen LogP contribution in [0, 0.1) is 5.82 Å². The van der Waals surface area contributed by atoms with Crippen LogP contribution < -0.4 is 5.32 Å². The number of hydrogen-bond acceptors (Lipinski definition) is 1. The van der Waals surface area contributed by atoms with E-state index < -0.39 is 0 Å². The lowest BCUT2D eigenvalue weighted by Crippen LogP contribution is -2.24. The second-order valence-corrected chi connectivity index (χ2v) is 5.75. The van der Waals surface area contributed by atoms with Gasteiger partial charge in [-0.15, -0.1) is 0 Å². The van der Waals surface area contributed by atoms with Gasteiger partial charge in [-0.3, -0.25) is 0 Å². The quantitative estimate of drug-likeness (QED) is 0.763. The highest BCUT2D eigenvalue weighted by Gasteiger charge is 2.19. The minimum Gasteiger partial charge on any atom is -0.306 e. The zero-order chi connectivity index (χ0) is 14.5. The molecule has 106 valence electrons. The lowest BCUT2D eigenvalue weighted by atomic mass is 9.98. The topological polar surface area (TPSA) is 12.0 Å². The maximum atomic E-state index is 13.8. The first-order chi connectivity index (χ1) is 9.65. The Bertz CT molecular complexity index is 588. The summed E-state index contributed by atoms with van der Waals surface area (Å²) in [5, 5.41) is 4.11. The third kappa shape index (κ3) is 3.40. The Morgan fingerprint density at radius 1 is 1.15 bits per heavy atom. The van der Waals surface area contributed by atoms with Crippen LogP contribution in [-0.4, -0.2) is 6.54 Å². The van der Waals surface area contributed by atoms with Crippen molar-refractivity contribution in [2.75, 3.05) is 6.54 Å². The molecular formula is C16H16BrClFN. The zero-order valence-corrected chi connectivity index (χ0v) is 13.5. The zero-order valence-electron chi connectivity index (χ0n) is 11.2. The van der Waals surface area contributed by atoms with Gasteiger partial charge in [0.05, 0.1) is 10.5 Å². The molecule has 2 aromatic carbocycles. The van der Waals surface area contributed by atoms with Gasteiger partial charge in [0.1, 0.15) is 5.82 Å². The molecule has 20 heavy (non-hydrogen) atoms. The predicted octanol–water partition coefficient (Wildman–Crippen LogP) is 5.33.